The Morgan fingerprint density at radius 1 is 1.50 bits per heavy atom. The molecule has 1 saturated carbocycles. The summed E-state index contributed by atoms with van der Waals surface area (Å²) < 4.78 is 5.59. The molecule has 1 atom stereocenters. The van der Waals surface area contributed by atoms with E-state index in [9.17, 15) is 0 Å². The van der Waals surface area contributed by atoms with Gasteiger partial charge in [-0.2, -0.15) is 0 Å². The largest absolute Gasteiger partial charge is 0.379 e. The second kappa shape index (κ2) is 2.86. The van der Waals surface area contributed by atoms with E-state index in [-0.39, 0.29) is 5.54 Å². The molecule has 2 aliphatic heterocycles. The Hall–Kier alpha value is -0.770. The number of nitrogens with zero attached hydrogens (tertiary/aromatic N) is 2. The van der Waals surface area contributed by atoms with Crippen LogP contribution in [0.25, 0.3) is 0 Å². The van der Waals surface area contributed by atoms with Gasteiger partial charge in [0.2, 0.25) is 0 Å². The standard InChI is InChI=1S/C10H17N3O/c11-9-12-6-10(4-1-5-14-7-10)13(9)8-2-3-8/h8H,1-7H2,(H2,11,12). The van der Waals surface area contributed by atoms with Crippen LogP contribution in [0.3, 0.4) is 0 Å². The van der Waals surface area contributed by atoms with Crippen LogP contribution in [0.4, 0.5) is 0 Å². The van der Waals surface area contributed by atoms with Crippen molar-refractivity contribution in [3.05, 3.63) is 0 Å². The molecule has 0 bridgehead atoms. The van der Waals surface area contributed by atoms with E-state index in [1.807, 2.05) is 0 Å². The van der Waals surface area contributed by atoms with Gasteiger partial charge in [-0.1, -0.05) is 0 Å². The summed E-state index contributed by atoms with van der Waals surface area (Å²) >= 11 is 0. The van der Waals surface area contributed by atoms with E-state index < -0.39 is 0 Å². The number of guanidine groups is 1. The van der Waals surface area contributed by atoms with Gasteiger partial charge >= 0.3 is 0 Å². The van der Waals surface area contributed by atoms with Crippen molar-refractivity contribution in [3.8, 4) is 0 Å². The second-order valence-electron chi connectivity index (χ2n) is 4.66. The fraction of sp³-hybridized carbons (Fsp3) is 0.900. The van der Waals surface area contributed by atoms with Crippen LogP contribution in [0.1, 0.15) is 25.7 Å². The Morgan fingerprint density at radius 2 is 2.36 bits per heavy atom. The molecule has 2 heterocycles. The zero-order valence-electron chi connectivity index (χ0n) is 8.41. The Balaban J connectivity index is 1.84. The van der Waals surface area contributed by atoms with Crippen molar-refractivity contribution in [2.24, 2.45) is 10.7 Å². The van der Waals surface area contributed by atoms with Gasteiger partial charge in [0.15, 0.2) is 5.96 Å². The van der Waals surface area contributed by atoms with E-state index in [1.54, 1.807) is 0 Å². The van der Waals surface area contributed by atoms with Crippen LogP contribution in [-0.2, 0) is 4.74 Å². The molecule has 3 aliphatic rings. The summed E-state index contributed by atoms with van der Waals surface area (Å²) in [6.07, 6.45) is 4.88. The smallest absolute Gasteiger partial charge is 0.192 e. The van der Waals surface area contributed by atoms with E-state index in [1.165, 1.54) is 19.3 Å². The molecule has 2 N–H and O–H groups in total. The Labute approximate surface area is 84.1 Å². The molecule has 0 amide bonds. The quantitative estimate of drug-likeness (QED) is 0.656. The molecule has 0 aromatic rings. The van der Waals surface area contributed by atoms with Crippen LogP contribution >= 0.6 is 0 Å². The first-order chi connectivity index (χ1) is 6.82. The summed E-state index contributed by atoms with van der Waals surface area (Å²) in [5.41, 5.74) is 6.07. The highest BCUT2D eigenvalue weighted by molar-refractivity contribution is 5.81. The summed E-state index contributed by atoms with van der Waals surface area (Å²) in [5.74, 6) is 0.748. The van der Waals surface area contributed by atoms with Crippen molar-refractivity contribution in [2.45, 2.75) is 37.3 Å². The summed E-state index contributed by atoms with van der Waals surface area (Å²) in [6, 6.07) is 0.656. The molecule has 0 aromatic heterocycles. The van der Waals surface area contributed by atoms with Crippen molar-refractivity contribution in [1.29, 1.82) is 0 Å². The molecule has 2 fully saturated rings. The molecule has 1 spiro atoms. The summed E-state index contributed by atoms with van der Waals surface area (Å²) in [7, 11) is 0. The van der Waals surface area contributed by atoms with Crippen LogP contribution in [0.5, 0.6) is 0 Å². The normalized spacial score (nSPS) is 37.7. The minimum absolute atomic E-state index is 0.128. The Bertz CT molecular complexity index is 267. The predicted molar refractivity (Wildman–Crippen MR) is 54.1 cm³/mol. The monoisotopic (exact) mass is 195 g/mol. The lowest BCUT2D eigenvalue weighted by molar-refractivity contribution is -0.0118. The summed E-state index contributed by atoms with van der Waals surface area (Å²) in [6.45, 7) is 2.56. The van der Waals surface area contributed by atoms with E-state index in [0.717, 1.165) is 32.1 Å². The van der Waals surface area contributed by atoms with Crippen LogP contribution in [0, 0.1) is 0 Å². The number of nitrogens with two attached hydrogens (primary N) is 1. The van der Waals surface area contributed by atoms with Gasteiger partial charge in [0, 0.05) is 12.6 Å². The highest BCUT2D eigenvalue weighted by Gasteiger charge is 2.49. The van der Waals surface area contributed by atoms with E-state index in [2.05, 4.69) is 9.89 Å². The lowest BCUT2D eigenvalue weighted by Gasteiger charge is -2.41. The number of hydrogen-bond donors (Lipinski definition) is 1. The van der Waals surface area contributed by atoms with Gasteiger partial charge in [0.1, 0.15) is 0 Å². The molecular weight excluding hydrogens is 178 g/mol. The predicted octanol–water partition coefficient (Wildman–Crippen LogP) is 0.328. The molecule has 14 heavy (non-hydrogen) atoms. The third-order valence-corrected chi connectivity index (χ3v) is 3.51. The first-order valence-corrected chi connectivity index (χ1v) is 5.49. The SMILES string of the molecule is NC1=NCC2(CCCOC2)N1C1CC1. The Morgan fingerprint density at radius 3 is 3.00 bits per heavy atom. The molecule has 78 valence electrons. The summed E-state index contributed by atoms with van der Waals surface area (Å²) in [4.78, 5) is 6.74. The number of ether oxygens (including phenoxy) is 1. The lowest BCUT2D eigenvalue weighted by atomic mass is 9.91. The zero-order chi connectivity index (χ0) is 9.60. The third kappa shape index (κ3) is 1.13. The molecule has 4 heteroatoms. The highest BCUT2D eigenvalue weighted by atomic mass is 16.5. The van der Waals surface area contributed by atoms with Crippen molar-refractivity contribution in [2.75, 3.05) is 19.8 Å². The van der Waals surface area contributed by atoms with Crippen molar-refractivity contribution in [1.82, 2.24) is 4.90 Å². The molecule has 1 saturated heterocycles. The lowest BCUT2D eigenvalue weighted by Crippen LogP contribution is -2.57. The number of rotatable bonds is 1. The molecule has 3 rings (SSSR count). The number of aliphatic imine (C=N–C) groups is 1. The molecule has 0 radical (unpaired) electrons. The van der Waals surface area contributed by atoms with Gasteiger partial charge in [0.25, 0.3) is 0 Å². The first kappa shape index (κ1) is 8.53. The van der Waals surface area contributed by atoms with Crippen LogP contribution in [0.2, 0.25) is 0 Å². The molecule has 4 nitrogen and oxygen atoms in total. The van der Waals surface area contributed by atoms with Gasteiger partial charge < -0.3 is 15.4 Å². The average molecular weight is 195 g/mol. The van der Waals surface area contributed by atoms with Crippen LogP contribution in [-0.4, -0.2) is 42.2 Å². The van der Waals surface area contributed by atoms with Gasteiger partial charge in [-0.15, -0.1) is 0 Å². The molecule has 0 aromatic carbocycles. The first-order valence-electron chi connectivity index (χ1n) is 5.49. The van der Waals surface area contributed by atoms with Crippen molar-refractivity contribution >= 4 is 5.96 Å². The van der Waals surface area contributed by atoms with E-state index >= 15 is 0 Å². The van der Waals surface area contributed by atoms with Crippen molar-refractivity contribution < 1.29 is 4.74 Å². The highest BCUT2D eigenvalue weighted by Crippen LogP contribution is 2.39. The Kier molecular flexibility index (Phi) is 1.74. The third-order valence-electron chi connectivity index (χ3n) is 3.51. The van der Waals surface area contributed by atoms with Crippen molar-refractivity contribution in [3.63, 3.8) is 0 Å². The second-order valence-corrected chi connectivity index (χ2v) is 4.66. The van der Waals surface area contributed by atoms with E-state index in [0.29, 0.717) is 6.04 Å². The average Bonchev–Trinajstić information content (AvgIpc) is 2.97. The molecular formula is C10H17N3O. The fourth-order valence-corrected chi connectivity index (χ4v) is 2.68. The minimum atomic E-state index is 0.128. The zero-order valence-corrected chi connectivity index (χ0v) is 8.41. The van der Waals surface area contributed by atoms with Gasteiger partial charge in [-0.25, -0.2) is 0 Å². The summed E-state index contributed by atoms with van der Waals surface area (Å²) in [5, 5.41) is 0. The van der Waals surface area contributed by atoms with Gasteiger partial charge in [-0.05, 0) is 25.7 Å². The fourth-order valence-electron chi connectivity index (χ4n) is 2.68. The van der Waals surface area contributed by atoms with Gasteiger partial charge in [-0.3, -0.25) is 4.99 Å². The maximum absolute atomic E-state index is 5.95. The van der Waals surface area contributed by atoms with E-state index in [4.69, 9.17) is 10.5 Å². The molecule has 1 aliphatic carbocycles. The van der Waals surface area contributed by atoms with Gasteiger partial charge in [0.05, 0.1) is 18.7 Å². The maximum atomic E-state index is 5.95. The topological polar surface area (TPSA) is 50.9 Å². The van der Waals surface area contributed by atoms with Crippen LogP contribution in [0.15, 0.2) is 4.99 Å². The number of hydrogen-bond acceptors (Lipinski definition) is 4. The minimum Gasteiger partial charge on any atom is -0.379 e. The van der Waals surface area contributed by atoms with Crippen LogP contribution < -0.4 is 5.73 Å². The molecule has 1 unspecified atom stereocenters. The maximum Gasteiger partial charge on any atom is 0.192 e.